The number of anilines is 1. The summed E-state index contributed by atoms with van der Waals surface area (Å²) < 4.78 is 1.06. The Bertz CT molecular complexity index is 496. The molecule has 0 amide bonds. The molecular formula is C14H14BrClN2. The van der Waals surface area contributed by atoms with Crippen LogP contribution in [0.2, 0.25) is 5.02 Å². The molecule has 0 aromatic heterocycles. The lowest BCUT2D eigenvalue weighted by Gasteiger charge is -2.18. The van der Waals surface area contributed by atoms with Gasteiger partial charge in [-0.05, 0) is 42.0 Å². The zero-order valence-corrected chi connectivity index (χ0v) is 12.1. The highest BCUT2D eigenvalue weighted by Crippen LogP contribution is 2.22. The highest BCUT2D eigenvalue weighted by Gasteiger charge is 2.09. The Morgan fingerprint density at radius 3 is 2.22 bits per heavy atom. The lowest BCUT2D eigenvalue weighted by atomic mass is 10.1. The summed E-state index contributed by atoms with van der Waals surface area (Å²) in [6.07, 6.45) is 0. The van der Waals surface area contributed by atoms with Crippen LogP contribution in [0.15, 0.2) is 53.0 Å². The fraction of sp³-hybridized carbons (Fsp3) is 0.143. The predicted molar refractivity (Wildman–Crippen MR) is 81.0 cm³/mol. The number of hydrogen-bond acceptors (Lipinski definition) is 2. The first-order chi connectivity index (χ1) is 8.69. The fourth-order valence-electron chi connectivity index (χ4n) is 1.72. The predicted octanol–water partition coefficient (Wildman–Crippen LogP) is 4.21. The Balaban J connectivity index is 2.14. The first-order valence-corrected chi connectivity index (χ1v) is 6.84. The van der Waals surface area contributed by atoms with E-state index >= 15 is 0 Å². The molecule has 0 saturated heterocycles. The Morgan fingerprint density at radius 1 is 1.06 bits per heavy atom. The minimum Gasteiger partial charge on any atom is -0.377 e. The van der Waals surface area contributed by atoms with Crippen LogP contribution in [0.3, 0.4) is 0 Å². The van der Waals surface area contributed by atoms with Crippen LogP contribution in [0.1, 0.15) is 11.6 Å². The number of halogens is 2. The molecule has 1 unspecified atom stereocenters. The van der Waals surface area contributed by atoms with E-state index in [1.165, 1.54) is 0 Å². The van der Waals surface area contributed by atoms with Crippen molar-refractivity contribution < 1.29 is 0 Å². The molecule has 2 rings (SSSR count). The molecule has 0 bridgehead atoms. The van der Waals surface area contributed by atoms with Gasteiger partial charge in [0.25, 0.3) is 0 Å². The van der Waals surface area contributed by atoms with Gasteiger partial charge in [-0.15, -0.1) is 0 Å². The van der Waals surface area contributed by atoms with E-state index in [2.05, 4.69) is 21.2 Å². The topological polar surface area (TPSA) is 38.0 Å². The minimum absolute atomic E-state index is 0.0865. The number of hydrogen-bond donors (Lipinski definition) is 2. The van der Waals surface area contributed by atoms with Crippen molar-refractivity contribution in [1.29, 1.82) is 0 Å². The molecular weight excluding hydrogens is 312 g/mol. The van der Waals surface area contributed by atoms with Gasteiger partial charge >= 0.3 is 0 Å². The van der Waals surface area contributed by atoms with Crippen molar-refractivity contribution in [3.8, 4) is 0 Å². The number of benzene rings is 2. The highest BCUT2D eigenvalue weighted by molar-refractivity contribution is 9.10. The summed E-state index contributed by atoms with van der Waals surface area (Å²) in [4.78, 5) is 0. The number of rotatable bonds is 4. The molecule has 0 spiro atoms. The van der Waals surface area contributed by atoms with Gasteiger partial charge in [0, 0.05) is 21.7 Å². The molecule has 0 saturated carbocycles. The first kappa shape index (κ1) is 13.4. The zero-order chi connectivity index (χ0) is 13.0. The van der Waals surface area contributed by atoms with Gasteiger partial charge in [0.05, 0.1) is 6.04 Å². The van der Waals surface area contributed by atoms with E-state index in [-0.39, 0.29) is 6.04 Å². The molecule has 0 heterocycles. The highest BCUT2D eigenvalue weighted by atomic mass is 79.9. The quantitative estimate of drug-likeness (QED) is 0.883. The third-order valence-corrected chi connectivity index (χ3v) is 3.47. The monoisotopic (exact) mass is 324 g/mol. The maximum Gasteiger partial charge on any atom is 0.0636 e. The largest absolute Gasteiger partial charge is 0.377 e. The standard InChI is InChI=1S/C14H14BrClN2/c15-11-3-7-13(8-4-11)18-14(9-17)10-1-5-12(16)6-2-10/h1-8,14,18H,9,17H2. The van der Waals surface area contributed by atoms with Gasteiger partial charge < -0.3 is 11.1 Å². The zero-order valence-electron chi connectivity index (χ0n) is 9.74. The van der Waals surface area contributed by atoms with Crippen molar-refractivity contribution in [1.82, 2.24) is 0 Å². The summed E-state index contributed by atoms with van der Waals surface area (Å²) in [7, 11) is 0. The van der Waals surface area contributed by atoms with E-state index in [0.29, 0.717) is 6.54 Å². The lowest BCUT2D eigenvalue weighted by molar-refractivity contribution is 0.790. The average molecular weight is 326 g/mol. The Morgan fingerprint density at radius 2 is 1.67 bits per heavy atom. The van der Waals surface area contributed by atoms with Crippen LogP contribution >= 0.6 is 27.5 Å². The van der Waals surface area contributed by atoms with Gasteiger partial charge in [-0.25, -0.2) is 0 Å². The van der Waals surface area contributed by atoms with Gasteiger partial charge in [-0.3, -0.25) is 0 Å². The normalized spacial score (nSPS) is 12.2. The van der Waals surface area contributed by atoms with Crippen molar-refractivity contribution >= 4 is 33.2 Å². The summed E-state index contributed by atoms with van der Waals surface area (Å²) >= 11 is 9.29. The van der Waals surface area contributed by atoms with E-state index in [1.54, 1.807) is 0 Å². The summed E-state index contributed by atoms with van der Waals surface area (Å²) in [6.45, 7) is 0.525. The van der Waals surface area contributed by atoms with E-state index in [1.807, 2.05) is 48.5 Å². The van der Waals surface area contributed by atoms with Crippen molar-refractivity contribution in [2.24, 2.45) is 5.73 Å². The van der Waals surface area contributed by atoms with Crippen LogP contribution in [0.5, 0.6) is 0 Å². The molecule has 3 N–H and O–H groups in total. The van der Waals surface area contributed by atoms with Crippen LogP contribution in [-0.4, -0.2) is 6.54 Å². The third kappa shape index (κ3) is 3.48. The second-order valence-corrected chi connectivity index (χ2v) is 5.34. The molecule has 0 fully saturated rings. The van der Waals surface area contributed by atoms with Crippen LogP contribution in [0, 0.1) is 0 Å². The van der Waals surface area contributed by atoms with Crippen molar-refractivity contribution in [3.05, 3.63) is 63.6 Å². The van der Waals surface area contributed by atoms with E-state index in [9.17, 15) is 0 Å². The lowest BCUT2D eigenvalue weighted by Crippen LogP contribution is -2.20. The minimum atomic E-state index is 0.0865. The maximum atomic E-state index is 5.88. The van der Waals surface area contributed by atoms with Crippen LogP contribution < -0.4 is 11.1 Å². The van der Waals surface area contributed by atoms with Crippen LogP contribution in [0.4, 0.5) is 5.69 Å². The molecule has 0 aliphatic heterocycles. The second-order valence-electron chi connectivity index (χ2n) is 3.99. The van der Waals surface area contributed by atoms with Gasteiger partial charge in [0.15, 0.2) is 0 Å². The molecule has 0 radical (unpaired) electrons. The SMILES string of the molecule is NCC(Nc1ccc(Br)cc1)c1ccc(Cl)cc1. The summed E-state index contributed by atoms with van der Waals surface area (Å²) in [5.74, 6) is 0. The summed E-state index contributed by atoms with van der Waals surface area (Å²) in [5.41, 5.74) is 7.99. The van der Waals surface area contributed by atoms with Crippen LogP contribution in [0.25, 0.3) is 0 Å². The second kappa shape index (κ2) is 6.23. The van der Waals surface area contributed by atoms with Gasteiger partial charge in [-0.2, -0.15) is 0 Å². The number of nitrogens with two attached hydrogens (primary N) is 1. The Labute approximate surface area is 120 Å². The smallest absolute Gasteiger partial charge is 0.0636 e. The fourth-order valence-corrected chi connectivity index (χ4v) is 2.11. The molecule has 1 atom stereocenters. The summed E-state index contributed by atoms with van der Waals surface area (Å²) in [5, 5.41) is 4.14. The van der Waals surface area contributed by atoms with E-state index < -0.39 is 0 Å². The molecule has 2 nitrogen and oxygen atoms in total. The average Bonchev–Trinajstić information content (AvgIpc) is 2.39. The third-order valence-electron chi connectivity index (χ3n) is 2.69. The molecule has 18 heavy (non-hydrogen) atoms. The number of nitrogens with one attached hydrogen (secondary N) is 1. The van der Waals surface area contributed by atoms with E-state index in [4.69, 9.17) is 17.3 Å². The van der Waals surface area contributed by atoms with Crippen molar-refractivity contribution in [2.75, 3.05) is 11.9 Å². The summed E-state index contributed by atoms with van der Waals surface area (Å²) in [6, 6.07) is 15.9. The molecule has 94 valence electrons. The van der Waals surface area contributed by atoms with Gasteiger partial charge in [0.1, 0.15) is 0 Å². The van der Waals surface area contributed by atoms with Gasteiger partial charge in [-0.1, -0.05) is 39.7 Å². The Hall–Kier alpha value is -1.03. The van der Waals surface area contributed by atoms with Crippen molar-refractivity contribution in [2.45, 2.75) is 6.04 Å². The Kier molecular flexibility index (Phi) is 4.64. The van der Waals surface area contributed by atoms with E-state index in [0.717, 1.165) is 20.7 Å². The molecule has 2 aromatic rings. The maximum absolute atomic E-state index is 5.88. The molecule has 0 aliphatic rings. The molecule has 4 heteroatoms. The van der Waals surface area contributed by atoms with Crippen molar-refractivity contribution in [3.63, 3.8) is 0 Å². The molecule has 0 aliphatic carbocycles. The van der Waals surface area contributed by atoms with Gasteiger partial charge in [0.2, 0.25) is 0 Å². The van der Waals surface area contributed by atoms with Crippen LogP contribution in [-0.2, 0) is 0 Å². The molecule has 2 aromatic carbocycles. The first-order valence-electron chi connectivity index (χ1n) is 5.66.